The molecule has 0 fully saturated rings. The zero-order chi connectivity index (χ0) is 10.6. The summed E-state index contributed by atoms with van der Waals surface area (Å²) in [5, 5.41) is 11.9. The first-order valence-corrected chi connectivity index (χ1v) is 4.65. The predicted octanol–water partition coefficient (Wildman–Crippen LogP) is 1.09. The lowest BCUT2D eigenvalue weighted by Gasteiger charge is -2.08. The molecule has 1 unspecified atom stereocenters. The normalized spacial score (nSPS) is 12.5. The fourth-order valence-corrected chi connectivity index (χ4v) is 1.07. The second kappa shape index (κ2) is 4.81. The van der Waals surface area contributed by atoms with Gasteiger partial charge in [-0.1, -0.05) is 6.92 Å². The maximum absolute atomic E-state index is 11.5. The van der Waals surface area contributed by atoms with Crippen molar-refractivity contribution < 1.29 is 14.3 Å². The van der Waals surface area contributed by atoms with Gasteiger partial charge in [-0.15, -0.1) is 0 Å². The average molecular weight is 197 g/mol. The highest BCUT2D eigenvalue weighted by Gasteiger charge is 2.11. The highest BCUT2D eigenvalue weighted by molar-refractivity contribution is 5.95. The minimum absolute atomic E-state index is 0.205. The maximum atomic E-state index is 11.5. The number of aliphatic hydroxyl groups excluding tert-OH is 1. The van der Waals surface area contributed by atoms with Gasteiger partial charge in [-0.25, -0.2) is 0 Å². The summed E-state index contributed by atoms with van der Waals surface area (Å²) in [5.41, 5.74) is 0.522. The average Bonchev–Trinajstić information content (AvgIpc) is 2.60. The van der Waals surface area contributed by atoms with Crippen LogP contribution in [0.25, 0.3) is 0 Å². The molecule has 0 aliphatic rings. The monoisotopic (exact) mass is 197 g/mol. The number of aryl methyl sites for hydroxylation is 1. The molecular weight excluding hydrogens is 182 g/mol. The number of hydrogen-bond donors (Lipinski definition) is 2. The van der Waals surface area contributed by atoms with E-state index in [-0.39, 0.29) is 12.5 Å². The van der Waals surface area contributed by atoms with Crippen LogP contribution < -0.4 is 5.32 Å². The highest BCUT2D eigenvalue weighted by atomic mass is 16.3. The van der Waals surface area contributed by atoms with Gasteiger partial charge in [-0.05, 0) is 19.4 Å². The molecular formula is C10H15NO3. The lowest BCUT2D eigenvalue weighted by molar-refractivity contribution is 0.0912. The Bertz CT molecular complexity index is 306. The first-order chi connectivity index (χ1) is 6.65. The van der Waals surface area contributed by atoms with Crippen LogP contribution in [0, 0.1) is 6.92 Å². The van der Waals surface area contributed by atoms with Crippen molar-refractivity contribution in [3.63, 3.8) is 0 Å². The Morgan fingerprint density at radius 3 is 2.93 bits per heavy atom. The molecule has 4 nitrogen and oxygen atoms in total. The number of carbonyl (C=O) groups is 1. The quantitative estimate of drug-likeness (QED) is 0.759. The molecule has 0 aliphatic heterocycles. The lowest BCUT2D eigenvalue weighted by Crippen LogP contribution is -2.31. The van der Waals surface area contributed by atoms with Crippen molar-refractivity contribution in [2.45, 2.75) is 26.4 Å². The van der Waals surface area contributed by atoms with Gasteiger partial charge >= 0.3 is 0 Å². The van der Waals surface area contributed by atoms with E-state index in [1.807, 2.05) is 6.92 Å². The summed E-state index contributed by atoms with van der Waals surface area (Å²) in [6.07, 6.45) is 1.62. The fourth-order valence-electron chi connectivity index (χ4n) is 1.07. The van der Waals surface area contributed by atoms with Gasteiger partial charge in [-0.3, -0.25) is 4.79 Å². The third-order valence-corrected chi connectivity index (χ3v) is 2.07. The van der Waals surface area contributed by atoms with Gasteiger partial charge in [0.1, 0.15) is 5.76 Å². The van der Waals surface area contributed by atoms with Crippen molar-refractivity contribution in [2.75, 3.05) is 6.54 Å². The van der Waals surface area contributed by atoms with Crippen LogP contribution in [0.3, 0.4) is 0 Å². The molecule has 14 heavy (non-hydrogen) atoms. The molecule has 1 rings (SSSR count). The molecule has 2 N–H and O–H groups in total. The molecule has 0 radical (unpaired) electrons. The molecule has 78 valence electrons. The number of furan rings is 1. The van der Waals surface area contributed by atoms with Gasteiger partial charge in [0, 0.05) is 6.54 Å². The minimum Gasteiger partial charge on any atom is -0.469 e. The summed E-state index contributed by atoms with van der Waals surface area (Å²) in [4.78, 5) is 11.5. The Hall–Kier alpha value is -1.29. The highest BCUT2D eigenvalue weighted by Crippen LogP contribution is 2.07. The zero-order valence-electron chi connectivity index (χ0n) is 8.41. The topological polar surface area (TPSA) is 62.5 Å². The molecule has 0 aromatic carbocycles. The molecule has 4 heteroatoms. The molecule has 0 aliphatic carbocycles. The number of carbonyl (C=O) groups excluding carboxylic acids is 1. The smallest absolute Gasteiger partial charge is 0.254 e. The van der Waals surface area contributed by atoms with E-state index in [0.717, 1.165) is 0 Å². The molecule has 1 aromatic rings. The molecule has 1 atom stereocenters. The van der Waals surface area contributed by atoms with E-state index >= 15 is 0 Å². The van der Waals surface area contributed by atoms with Crippen LogP contribution in [-0.2, 0) is 0 Å². The fraction of sp³-hybridized carbons (Fsp3) is 0.500. The summed E-state index contributed by atoms with van der Waals surface area (Å²) in [5.74, 6) is 0.386. The standard InChI is InChI=1S/C10H15NO3/c1-3-8(12)6-11-10(13)9-4-5-14-7(9)2/h4-5,8,12H,3,6H2,1-2H3,(H,11,13). The Labute approximate surface area is 82.9 Å². The van der Waals surface area contributed by atoms with E-state index in [9.17, 15) is 9.90 Å². The van der Waals surface area contributed by atoms with Crippen LogP contribution in [-0.4, -0.2) is 23.7 Å². The lowest BCUT2D eigenvalue weighted by atomic mass is 10.2. The van der Waals surface area contributed by atoms with Gasteiger partial charge in [0.2, 0.25) is 0 Å². The van der Waals surface area contributed by atoms with E-state index in [1.165, 1.54) is 6.26 Å². The first kappa shape index (κ1) is 10.8. The number of aliphatic hydroxyl groups is 1. The molecule has 0 bridgehead atoms. The van der Waals surface area contributed by atoms with Gasteiger partial charge < -0.3 is 14.8 Å². The summed E-state index contributed by atoms with van der Waals surface area (Å²) in [6.45, 7) is 3.87. The summed E-state index contributed by atoms with van der Waals surface area (Å²) >= 11 is 0. The molecule has 0 saturated heterocycles. The van der Waals surface area contributed by atoms with E-state index in [4.69, 9.17) is 4.42 Å². The molecule has 1 heterocycles. The Morgan fingerprint density at radius 1 is 1.71 bits per heavy atom. The van der Waals surface area contributed by atoms with Crippen LogP contribution in [0.2, 0.25) is 0 Å². The number of nitrogens with one attached hydrogen (secondary N) is 1. The minimum atomic E-state index is -0.480. The maximum Gasteiger partial charge on any atom is 0.254 e. The number of rotatable bonds is 4. The zero-order valence-corrected chi connectivity index (χ0v) is 8.41. The Balaban J connectivity index is 2.47. The van der Waals surface area contributed by atoms with Crippen molar-refractivity contribution in [3.8, 4) is 0 Å². The van der Waals surface area contributed by atoms with Gasteiger partial charge in [0.15, 0.2) is 0 Å². The SMILES string of the molecule is CCC(O)CNC(=O)c1ccoc1C. The number of amides is 1. The summed E-state index contributed by atoms with van der Waals surface area (Å²) in [7, 11) is 0. The van der Waals surface area contributed by atoms with E-state index < -0.39 is 6.10 Å². The first-order valence-electron chi connectivity index (χ1n) is 4.65. The van der Waals surface area contributed by atoms with Crippen molar-refractivity contribution >= 4 is 5.91 Å². The van der Waals surface area contributed by atoms with Crippen molar-refractivity contribution in [2.24, 2.45) is 0 Å². The van der Waals surface area contributed by atoms with E-state index in [0.29, 0.717) is 17.7 Å². The van der Waals surface area contributed by atoms with Crippen LogP contribution in [0.1, 0.15) is 29.5 Å². The third kappa shape index (κ3) is 2.60. The van der Waals surface area contributed by atoms with Crippen LogP contribution in [0.5, 0.6) is 0 Å². The Morgan fingerprint density at radius 2 is 2.43 bits per heavy atom. The predicted molar refractivity (Wildman–Crippen MR) is 52.1 cm³/mol. The van der Waals surface area contributed by atoms with Gasteiger partial charge in [0.05, 0.1) is 17.9 Å². The van der Waals surface area contributed by atoms with Gasteiger partial charge in [0.25, 0.3) is 5.91 Å². The third-order valence-electron chi connectivity index (χ3n) is 2.07. The largest absolute Gasteiger partial charge is 0.469 e. The van der Waals surface area contributed by atoms with E-state index in [1.54, 1.807) is 13.0 Å². The summed E-state index contributed by atoms with van der Waals surface area (Å²) < 4.78 is 5.00. The van der Waals surface area contributed by atoms with Crippen LogP contribution >= 0.6 is 0 Å². The Kier molecular flexibility index (Phi) is 3.71. The molecule has 0 spiro atoms. The molecule has 1 aromatic heterocycles. The van der Waals surface area contributed by atoms with Crippen molar-refractivity contribution in [1.29, 1.82) is 0 Å². The molecule has 0 saturated carbocycles. The second-order valence-corrected chi connectivity index (χ2v) is 3.16. The van der Waals surface area contributed by atoms with E-state index in [2.05, 4.69) is 5.32 Å². The number of hydrogen-bond acceptors (Lipinski definition) is 3. The van der Waals surface area contributed by atoms with Crippen molar-refractivity contribution in [1.82, 2.24) is 5.32 Å². The molecule has 1 amide bonds. The summed E-state index contributed by atoms with van der Waals surface area (Å²) in [6, 6.07) is 1.61. The van der Waals surface area contributed by atoms with Crippen LogP contribution in [0.15, 0.2) is 16.7 Å². The van der Waals surface area contributed by atoms with Gasteiger partial charge in [-0.2, -0.15) is 0 Å². The second-order valence-electron chi connectivity index (χ2n) is 3.16. The van der Waals surface area contributed by atoms with Crippen LogP contribution in [0.4, 0.5) is 0 Å². The van der Waals surface area contributed by atoms with Crippen molar-refractivity contribution in [3.05, 3.63) is 23.7 Å².